The monoisotopic (exact) mass is 312 g/mol. The van der Waals surface area contributed by atoms with Gasteiger partial charge in [0.2, 0.25) is 5.91 Å². The SMILES string of the molecule is CC(C)c1ccc(CNC(=O)[C@@H](N)Cc2ccc(O)cc2)cc1. The van der Waals surface area contributed by atoms with Gasteiger partial charge in [-0.05, 0) is 41.2 Å². The molecule has 4 heteroatoms. The Hall–Kier alpha value is -2.33. The number of benzene rings is 2. The molecule has 0 unspecified atom stereocenters. The van der Waals surface area contributed by atoms with Crippen LogP contribution in [0.5, 0.6) is 5.75 Å². The number of nitrogens with one attached hydrogen (secondary N) is 1. The minimum atomic E-state index is -0.602. The number of carbonyl (C=O) groups excluding carboxylic acids is 1. The molecule has 0 radical (unpaired) electrons. The molecule has 1 amide bonds. The van der Waals surface area contributed by atoms with E-state index in [2.05, 4.69) is 31.3 Å². The Morgan fingerprint density at radius 2 is 1.61 bits per heavy atom. The summed E-state index contributed by atoms with van der Waals surface area (Å²) in [7, 11) is 0. The molecule has 0 spiro atoms. The van der Waals surface area contributed by atoms with Gasteiger partial charge < -0.3 is 16.2 Å². The average Bonchev–Trinajstić information content (AvgIpc) is 2.55. The molecule has 0 saturated carbocycles. The molecule has 4 N–H and O–H groups in total. The molecule has 122 valence electrons. The minimum absolute atomic E-state index is 0.175. The second-order valence-electron chi connectivity index (χ2n) is 6.09. The van der Waals surface area contributed by atoms with E-state index >= 15 is 0 Å². The Morgan fingerprint density at radius 3 is 2.17 bits per heavy atom. The molecular weight excluding hydrogens is 288 g/mol. The molecule has 0 bridgehead atoms. The van der Waals surface area contributed by atoms with E-state index in [0.717, 1.165) is 11.1 Å². The van der Waals surface area contributed by atoms with Crippen LogP contribution in [0.3, 0.4) is 0 Å². The highest BCUT2D eigenvalue weighted by molar-refractivity contribution is 5.81. The van der Waals surface area contributed by atoms with Gasteiger partial charge in [0, 0.05) is 6.54 Å². The van der Waals surface area contributed by atoms with Crippen LogP contribution in [0.15, 0.2) is 48.5 Å². The summed E-state index contributed by atoms with van der Waals surface area (Å²) >= 11 is 0. The number of aromatic hydroxyl groups is 1. The third kappa shape index (κ3) is 5.11. The number of carbonyl (C=O) groups is 1. The van der Waals surface area contributed by atoms with Gasteiger partial charge in [-0.3, -0.25) is 4.79 Å². The van der Waals surface area contributed by atoms with Crippen molar-refractivity contribution in [2.24, 2.45) is 5.73 Å². The molecule has 0 saturated heterocycles. The Bertz CT molecular complexity index is 633. The summed E-state index contributed by atoms with van der Waals surface area (Å²) in [5.41, 5.74) is 9.20. The van der Waals surface area contributed by atoms with Crippen molar-refractivity contribution in [1.29, 1.82) is 0 Å². The van der Waals surface area contributed by atoms with Crippen LogP contribution in [0, 0.1) is 0 Å². The van der Waals surface area contributed by atoms with E-state index in [1.165, 1.54) is 5.56 Å². The third-order valence-electron chi connectivity index (χ3n) is 3.84. The van der Waals surface area contributed by atoms with E-state index in [0.29, 0.717) is 18.9 Å². The molecule has 0 heterocycles. The first-order chi connectivity index (χ1) is 11.0. The van der Waals surface area contributed by atoms with E-state index in [1.807, 2.05) is 12.1 Å². The molecule has 0 aliphatic rings. The predicted molar refractivity (Wildman–Crippen MR) is 92.2 cm³/mol. The average molecular weight is 312 g/mol. The molecule has 4 nitrogen and oxygen atoms in total. The van der Waals surface area contributed by atoms with Crippen molar-refractivity contribution in [1.82, 2.24) is 5.32 Å². The van der Waals surface area contributed by atoms with Gasteiger partial charge in [-0.2, -0.15) is 0 Å². The summed E-state index contributed by atoms with van der Waals surface area (Å²) in [5, 5.41) is 12.1. The normalized spacial score (nSPS) is 12.2. The summed E-state index contributed by atoms with van der Waals surface area (Å²) < 4.78 is 0. The number of nitrogens with two attached hydrogens (primary N) is 1. The van der Waals surface area contributed by atoms with Gasteiger partial charge >= 0.3 is 0 Å². The molecular formula is C19H24N2O2. The van der Waals surface area contributed by atoms with E-state index in [1.54, 1.807) is 24.3 Å². The van der Waals surface area contributed by atoms with E-state index < -0.39 is 6.04 Å². The van der Waals surface area contributed by atoms with E-state index in [-0.39, 0.29) is 11.7 Å². The van der Waals surface area contributed by atoms with Crippen LogP contribution >= 0.6 is 0 Å². The van der Waals surface area contributed by atoms with Gasteiger partial charge in [-0.15, -0.1) is 0 Å². The van der Waals surface area contributed by atoms with Crippen LogP contribution in [0.4, 0.5) is 0 Å². The highest BCUT2D eigenvalue weighted by Gasteiger charge is 2.13. The first-order valence-corrected chi connectivity index (χ1v) is 7.85. The molecule has 1 atom stereocenters. The number of hydrogen-bond acceptors (Lipinski definition) is 3. The zero-order valence-electron chi connectivity index (χ0n) is 13.6. The standard InChI is InChI=1S/C19H24N2O2/c1-13(2)16-7-3-15(4-8-16)12-21-19(23)18(20)11-14-5-9-17(22)10-6-14/h3-10,13,18,22H,11-12,20H2,1-2H3,(H,21,23)/t18-/m0/s1. The fourth-order valence-corrected chi connectivity index (χ4v) is 2.32. The number of phenolic OH excluding ortho intramolecular Hbond substituents is 1. The lowest BCUT2D eigenvalue weighted by Gasteiger charge is -2.13. The van der Waals surface area contributed by atoms with Gasteiger partial charge in [-0.25, -0.2) is 0 Å². The van der Waals surface area contributed by atoms with Crippen LogP contribution < -0.4 is 11.1 Å². The van der Waals surface area contributed by atoms with E-state index in [9.17, 15) is 9.90 Å². The number of hydrogen-bond donors (Lipinski definition) is 3. The van der Waals surface area contributed by atoms with Crippen molar-refractivity contribution < 1.29 is 9.90 Å². The largest absolute Gasteiger partial charge is 0.508 e. The summed E-state index contributed by atoms with van der Waals surface area (Å²) in [4.78, 5) is 12.1. The highest BCUT2D eigenvalue weighted by Crippen LogP contribution is 2.14. The molecule has 23 heavy (non-hydrogen) atoms. The number of amides is 1. The fourth-order valence-electron chi connectivity index (χ4n) is 2.32. The summed E-state index contributed by atoms with van der Waals surface area (Å²) in [6, 6.07) is 14.4. The number of rotatable bonds is 6. The van der Waals surface area contributed by atoms with Gasteiger partial charge in [0.05, 0.1) is 6.04 Å². The topological polar surface area (TPSA) is 75.4 Å². The smallest absolute Gasteiger partial charge is 0.237 e. The second kappa shape index (κ2) is 7.79. The zero-order valence-corrected chi connectivity index (χ0v) is 13.6. The molecule has 0 fully saturated rings. The van der Waals surface area contributed by atoms with Gasteiger partial charge in [0.1, 0.15) is 5.75 Å². The summed E-state index contributed by atoms with van der Waals surface area (Å²) in [6.07, 6.45) is 0.443. The minimum Gasteiger partial charge on any atom is -0.508 e. The second-order valence-corrected chi connectivity index (χ2v) is 6.09. The van der Waals surface area contributed by atoms with Crippen LogP contribution in [-0.4, -0.2) is 17.1 Å². The Balaban J connectivity index is 1.84. The highest BCUT2D eigenvalue weighted by atomic mass is 16.3. The first kappa shape index (κ1) is 17.0. The Kier molecular flexibility index (Phi) is 5.77. The molecule has 2 aromatic rings. The van der Waals surface area contributed by atoms with Crippen LogP contribution in [0.1, 0.15) is 36.5 Å². The first-order valence-electron chi connectivity index (χ1n) is 7.85. The Labute approximate surface area is 137 Å². The maximum absolute atomic E-state index is 12.1. The zero-order chi connectivity index (χ0) is 16.8. The lowest BCUT2D eigenvalue weighted by atomic mass is 10.0. The molecule has 2 rings (SSSR count). The van der Waals surface area contributed by atoms with Crippen LogP contribution in [-0.2, 0) is 17.8 Å². The van der Waals surface area contributed by atoms with E-state index in [4.69, 9.17) is 5.73 Å². The summed E-state index contributed by atoms with van der Waals surface area (Å²) in [6.45, 7) is 4.78. The molecule has 0 aromatic heterocycles. The Morgan fingerprint density at radius 1 is 1.04 bits per heavy atom. The van der Waals surface area contributed by atoms with Crippen LogP contribution in [0.25, 0.3) is 0 Å². The molecule has 0 aliphatic carbocycles. The fraction of sp³-hybridized carbons (Fsp3) is 0.316. The number of phenols is 1. The lowest BCUT2D eigenvalue weighted by molar-refractivity contribution is -0.122. The van der Waals surface area contributed by atoms with Crippen LogP contribution in [0.2, 0.25) is 0 Å². The maximum Gasteiger partial charge on any atom is 0.237 e. The maximum atomic E-state index is 12.1. The van der Waals surface area contributed by atoms with Crippen molar-refractivity contribution >= 4 is 5.91 Å². The van der Waals surface area contributed by atoms with Crippen molar-refractivity contribution in [3.63, 3.8) is 0 Å². The van der Waals surface area contributed by atoms with Crippen molar-refractivity contribution in [3.8, 4) is 5.75 Å². The lowest BCUT2D eigenvalue weighted by Crippen LogP contribution is -2.41. The van der Waals surface area contributed by atoms with Gasteiger partial charge in [0.25, 0.3) is 0 Å². The predicted octanol–water partition coefficient (Wildman–Crippen LogP) is 2.70. The van der Waals surface area contributed by atoms with Crippen molar-refractivity contribution in [2.75, 3.05) is 0 Å². The summed E-state index contributed by atoms with van der Waals surface area (Å²) in [5.74, 6) is 0.528. The van der Waals surface area contributed by atoms with Crippen molar-refractivity contribution in [3.05, 3.63) is 65.2 Å². The molecule has 2 aromatic carbocycles. The quantitative estimate of drug-likeness (QED) is 0.767. The van der Waals surface area contributed by atoms with Gasteiger partial charge in [0.15, 0.2) is 0 Å². The van der Waals surface area contributed by atoms with Crippen molar-refractivity contribution in [2.45, 2.75) is 38.8 Å². The van der Waals surface area contributed by atoms with Gasteiger partial charge in [-0.1, -0.05) is 50.2 Å². The third-order valence-corrected chi connectivity index (χ3v) is 3.84. The molecule has 0 aliphatic heterocycles.